The Morgan fingerprint density at radius 3 is 2.92 bits per heavy atom. The second-order valence-corrected chi connectivity index (χ2v) is 5.70. The Kier molecular flexibility index (Phi) is 9.50. The van der Waals surface area contributed by atoms with Gasteiger partial charge >= 0.3 is 0 Å². The van der Waals surface area contributed by atoms with E-state index in [2.05, 4.69) is 15.2 Å². The number of hydrogen-bond donors (Lipinski definition) is 1. The predicted octanol–water partition coefficient (Wildman–Crippen LogP) is 3.06. The van der Waals surface area contributed by atoms with Crippen LogP contribution in [0.5, 0.6) is 0 Å². The molecule has 1 fully saturated rings. The summed E-state index contributed by atoms with van der Waals surface area (Å²) >= 11 is 0. The summed E-state index contributed by atoms with van der Waals surface area (Å²) in [5, 5.41) is 3.23. The minimum absolute atomic E-state index is 0. The first-order valence-corrected chi connectivity index (χ1v) is 8.12. The van der Waals surface area contributed by atoms with Crippen LogP contribution >= 0.6 is 24.0 Å². The van der Waals surface area contributed by atoms with Crippen molar-refractivity contribution in [2.24, 2.45) is 10.9 Å². The number of guanidine groups is 1. The van der Waals surface area contributed by atoms with Crippen molar-refractivity contribution in [3.05, 3.63) is 35.4 Å². The number of likely N-dealkylation sites (tertiary alicyclic amines) is 1. The van der Waals surface area contributed by atoms with Crippen LogP contribution in [0.2, 0.25) is 0 Å². The van der Waals surface area contributed by atoms with E-state index >= 15 is 0 Å². The van der Waals surface area contributed by atoms with Crippen LogP contribution in [0.15, 0.2) is 23.2 Å². The molecule has 136 valence electrons. The van der Waals surface area contributed by atoms with Crippen molar-refractivity contribution in [2.75, 3.05) is 39.9 Å². The van der Waals surface area contributed by atoms with Gasteiger partial charge in [-0.05, 0) is 31.4 Å². The molecule has 0 radical (unpaired) electrons. The molecular formula is C17H26F2IN3O. The molecule has 7 heteroatoms. The fourth-order valence-corrected chi connectivity index (χ4v) is 2.83. The van der Waals surface area contributed by atoms with Crippen LogP contribution in [0.4, 0.5) is 8.78 Å². The van der Waals surface area contributed by atoms with Crippen LogP contribution in [-0.4, -0.2) is 50.8 Å². The maximum atomic E-state index is 13.6. The van der Waals surface area contributed by atoms with Crippen LogP contribution in [0.1, 0.15) is 18.9 Å². The highest BCUT2D eigenvalue weighted by Gasteiger charge is 2.24. The third-order valence-electron chi connectivity index (χ3n) is 4.06. The molecule has 2 rings (SSSR count). The van der Waals surface area contributed by atoms with E-state index in [9.17, 15) is 8.78 Å². The van der Waals surface area contributed by atoms with E-state index in [1.165, 1.54) is 6.07 Å². The zero-order valence-corrected chi connectivity index (χ0v) is 16.6. The van der Waals surface area contributed by atoms with E-state index in [0.29, 0.717) is 24.4 Å². The van der Waals surface area contributed by atoms with E-state index in [1.807, 2.05) is 6.92 Å². The smallest absolute Gasteiger partial charge is 0.193 e. The molecule has 4 nitrogen and oxygen atoms in total. The second kappa shape index (κ2) is 10.8. The summed E-state index contributed by atoms with van der Waals surface area (Å²) in [5.74, 6) is -0.234. The quantitative estimate of drug-likeness (QED) is 0.409. The molecule has 1 aliphatic rings. The molecule has 1 unspecified atom stereocenters. The van der Waals surface area contributed by atoms with E-state index in [1.54, 1.807) is 13.1 Å². The van der Waals surface area contributed by atoms with Gasteiger partial charge in [-0.1, -0.05) is 12.1 Å². The van der Waals surface area contributed by atoms with Crippen molar-refractivity contribution in [1.29, 1.82) is 0 Å². The molecule has 1 N–H and O–H groups in total. The summed E-state index contributed by atoms with van der Waals surface area (Å²) in [5.41, 5.74) is 0.378. The number of hydrogen-bond acceptors (Lipinski definition) is 2. The van der Waals surface area contributed by atoms with Gasteiger partial charge in [0.15, 0.2) is 17.6 Å². The fraction of sp³-hybridized carbons (Fsp3) is 0.588. The lowest BCUT2D eigenvalue weighted by atomic mass is 10.1. The maximum absolute atomic E-state index is 13.6. The van der Waals surface area contributed by atoms with Crippen molar-refractivity contribution in [1.82, 2.24) is 10.2 Å². The summed E-state index contributed by atoms with van der Waals surface area (Å²) in [6, 6.07) is 4.27. The minimum atomic E-state index is -0.801. The summed E-state index contributed by atoms with van der Waals surface area (Å²) < 4.78 is 32.3. The number of nitrogens with one attached hydrogen (secondary N) is 1. The molecule has 1 aromatic rings. The van der Waals surface area contributed by atoms with Gasteiger partial charge in [-0.3, -0.25) is 4.99 Å². The average Bonchev–Trinajstić information content (AvgIpc) is 3.02. The van der Waals surface area contributed by atoms with Gasteiger partial charge in [-0.15, -0.1) is 24.0 Å². The number of rotatable bonds is 6. The fourth-order valence-electron chi connectivity index (χ4n) is 2.83. The first-order chi connectivity index (χ1) is 11.2. The lowest BCUT2D eigenvalue weighted by Crippen LogP contribution is -2.41. The van der Waals surface area contributed by atoms with Crippen LogP contribution in [0.3, 0.4) is 0 Å². The van der Waals surface area contributed by atoms with Gasteiger partial charge in [0.25, 0.3) is 0 Å². The lowest BCUT2D eigenvalue weighted by Gasteiger charge is -2.21. The number of benzene rings is 1. The molecule has 1 heterocycles. The third kappa shape index (κ3) is 5.84. The van der Waals surface area contributed by atoms with Gasteiger partial charge in [-0.25, -0.2) is 8.78 Å². The Balaban J connectivity index is 0.00000288. The first kappa shape index (κ1) is 21.1. The molecule has 0 aliphatic carbocycles. The molecular weight excluding hydrogens is 427 g/mol. The Hall–Kier alpha value is -0.960. The standard InChI is InChI=1S/C17H25F2N3O.HI/c1-3-23-12-13-8-10-22(11-13)17(20-2)21-9-7-14-5-4-6-15(18)16(14)19;/h4-6,13H,3,7-12H2,1-2H3,(H,20,21);1H. The zero-order valence-electron chi connectivity index (χ0n) is 14.2. The van der Waals surface area contributed by atoms with Crippen molar-refractivity contribution >= 4 is 29.9 Å². The van der Waals surface area contributed by atoms with E-state index in [0.717, 1.165) is 44.8 Å². The van der Waals surface area contributed by atoms with Gasteiger partial charge in [0.2, 0.25) is 0 Å². The monoisotopic (exact) mass is 453 g/mol. The second-order valence-electron chi connectivity index (χ2n) is 5.70. The largest absolute Gasteiger partial charge is 0.381 e. The normalized spacial score (nSPS) is 17.8. The minimum Gasteiger partial charge on any atom is -0.381 e. The van der Waals surface area contributed by atoms with Crippen LogP contribution < -0.4 is 5.32 Å². The van der Waals surface area contributed by atoms with Crippen LogP contribution in [-0.2, 0) is 11.2 Å². The van der Waals surface area contributed by atoms with E-state index in [4.69, 9.17) is 4.74 Å². The number of nitrogens with zero attached hydrogens (tertiary/aromatic N) is 2. The molecule has 24 heavy (non-hydrogen) atoms. The zero-order chi connectivity index (χ0) is 16.7. The Bertz CT molecular complexity index is 543. The maximum Gasteiger partial charge on any atom is 0.193 e. The lowest BCUT2D eigenvalue weighted by molar-refractivity contribution is 0.114. The summed E-state index contributed by atoms with van der Waals surface area (Å²) in [6.45, 7) is 5.87. The molecule has 0 saturated carbocycles. The topological polar surface area (TPSA) is 36.9 Å². The number of aliphatic imine (C=N–C) groups is 1. The third-order valence-corrected chi connectivity index (χ3v) is 4.06. The summed E-state index contributed by atoms with van der Waals surface area (Å²) in [6.07, 6.45) is 1.50. The molecule has 0 spiro atoms. The molecule has 1 aromatic carbocycles. The molecule has 0 amide bonds. The van der Waals surface area contributed by atoms with Crippen molar-refractivity contribution in [2.45, 2.75) is 19.8 Å². The summed E-state index contributed by atoms with van der Waals surface area (Å²) in [7, 11) is 1.74. The molecule has 1 atom stereocenters. The highest BCUT2D eigenvalue weighted by molar-refractivity contribution is 14.0. The van der Waals surface area contributed by atoms with Gasteiger partial charge in [0.1, 0.15) is 0 Å². The van der Waals surface area contributed by atoms with Crippen LogP contribution in [0, 0.1) is 17.6 Å². The summed E-state index contributed by atoms with van der Waals surface area (Å²) in [4.78, 5) is 6.46. The van der Waals surface area contributed by atoms with Crippen molar-refractivity contribution < 1.29 is 13.5 Å². The Labute approximate surface area is 159 Å². The molecule has 1 saturated heterocycles. The van der Waals surface area contributed by atoms with Gasteiger partial charge < -0.3 is 15.0 Å². The highest BCUT2D eigenvalue weighted by Crippen LogP contribution is 2.16. The van der Waals surface area contributed by atoms with Crippen molar-refractivity contribution in [3.8, 4) is 0 Å². The average molecular weight is 453 g/mol. The Morgan fingerprint density at radius 1 is 1.42 bits per heavy atom. The first-order valence-electron chi connectivity index (χ1n) is 8.12. The number of halogens is 3. The Morgan fingerprint density at radius 2 is 2.21 bits per heavy atom. The highest BCUT2D eigenvalue weighted by atomic mass is 127. The van der Waals surface area contributed by atoms with E-state index in [-0.39, 0.29) is 24.0 Å². The SMILES string of the molecule is CCOCC1CCN(C(=NC)NCCc2cccc(F)c2F)C1.I. The van der Waals surface area contributed by atoms with Crippen molar-refractivity contribution in [3.63, 3.8) is 0 Å². The predicted molar refractivity (Wildman–Crippen MR) is 103 cm³/mol. The number of ether oxygens (including phenoxy) is 1. The van der Waals surface area contributed by atoms with Gasteiger partial charge in [0.05, 0.1) is 6.61 Å². The molecule has 0 bridgehead atoms. The van der Waals surface area contributed by atoms with E-state index < -0.39 is 11.6 Å². The molecule has 1 aliphatic heterocycles. The van der Waals surface area contributed by atoms with Gasteiger partial charge in [0, 0.05) is 39.2 Å². The van der Waals surface area contributed by atoms with Crippen LogP contribution in [0.25, 0.3) is 0 Å². The molecule has 0 aromatic heterocycles. The van der Waals surface area contributed by atoms with Gasteiger partial charge in [-0.2, -0.15) is 0 Å².